The molecule has 0 saturated carbocycles. The third-order valence-electron chi connectivity index (χ3n) is 6.36. The lowest BCUT2D eigenvalue weighted by Gasteiger charge is -2.20. The van der Waals surface area contributed by atoms with E-state index in [9.17, 15) is 8.78 Å². The van der Waals surface area contributed by atoms with Crippen LogP contribution in [0, 0.1) is 29.2 Å². The average molecular weight is 481 g/mol. The van der Waals surface area contributed by atoms with Crippen LogP contribution in [0.5, 0.6) is 5.75 Å². The van der Waals surface area contributed by atoms with Crippen LogP contribution >= 0.6 is 0 Å². The van der Waals surface area contributed by atoms with Crippen molar-refractivity contribution >= 4 is 5.57 Å². The van der Waals surface area contributed by atoms with Gasteiger partial charge in [-0.1, -0.05) is 61.5 Å². The molecule has 0 aliphatic heterocycles. The fraction of sp³-hybridized carbons (Fsp3) is 0.267. The Hall–Kier alpha value is -3.34. The molecule has 1 unspecified atom stereocenters. The van der Waals surface area contributed by atoms with Crippen LogP contribution < -0.4 is 4.74 Å². The van der Waals surface area contributed by atoms with Crippen LogP contribution in [0.3, 0.4) is 0 Å². The van der Waals surface area contributed by atoms with Gasteiger partial charge in [0.25, 0.3) is 0 Å². The molecule has 182 valence electrons. The van der Waals surface area contributed by atoms with Crippen LogP contribution in [0.4, 0.5) is 17.6 Å². The van der Waals surface area contributed by atoms with Gasteiger partial charge in [-0.25, -0.2) is 13.2 Å². The van der Waals surface area contributed by atoms with E-state index in [0.29, 0.717) is 42.1 Å². The smallest absolute Gasteiger partial charge is 0.201 e. The second-order valence-electron chi connectivity index (χ2n) is 8.74. The fourth-order valence-electron chi connectivity index (χ4n) is 4.47. The van der Waals surface area contributed by atoms with Gasteiger partial charge in [-0.3, -0.25) is 0 Å². The van der Waals surface area contributed by atoms with Crippen molar-refractivity contribution in [1.29, 1.82) is 0 Å². The number of allylic oxidation sites excluding steroid dienone is 4. The normalized spacial score (nSPS) is 15.9. The van der Waals surface area contributed by atoms with Crippen LogP contribution in [0.2, 0.25) is 0 Å². The third kappa shape index (κ3) is 5.19. The first kappa shape index (κ1) is 24.8. The summed E-state index contributed by atoms with van der Waals surface area (Å²) in [5, 5.41) is 0. The third-order valence-corrected chi connectivity index (χ3v) is 6.36. The van der Waals surface area contributed by atoms with Gasteiger partial charge in [-0.05, 0) is 67.4 Å². The Morgan fingerprint density at radius 1 is 0.800 bits per heavy atom. The first-order valence-electron chi connectivity index (χ1n) is 12.0. The van der Waals surface area contributed by atoms with Crippen molar-refractivity contribution in [3.63, 3.8) is 0 Å². The maximum Gasteiger partial charge on any atom is 0.201 e. The molecular weight excluding hydrogens is 452 g/mol. The van der Waals surface area contributed by atoms with Gasteiger partial charge in [0.15, 0.2) is 23.2 Å². The molecule has 35 heavy (non-hydrogen) atoms. The van der Waals surface area contributed by atoms with Crippen molar-refractivity contribution in [2.45, 2.75) is 39.5 Å². The Kier molecular flexibility index (Phi) is 7.74. The summed E-state index contributed by atoms with van der Waals surface area (Å²) in [4.78, 5) is 0. The van der Waals surface area contributed by atoms with Crippen molar-refractivity contribution in [3.05, 3.63) is 95.6 Å². The highest BCUT2D eigenvalue weighted by Crippen LogP contribution is 2.36. The highest BCUT2D eigenvalue weighted by Gasteiger charge is 2.21. The van der Waals surface area contributed by atoms with Gasteiger partial charge in [0.05, 0.1) is 6.61 Å². The second kappa shape index (κ2) is 10.9. The van der Waals surface area contributed by atoms with E-state index < -0.39 is 23.3 Å². The molecule has 5 heteroatoms. The summed E-state index contributed by atoms with van der Waals surface area (Å²) in [5.41, 5.74) is 2.19. The molecule has 3 aromatic carbocycles. The highest BCUT2D eigenvalue weighted by atomic mass is 19.2. The van der Waals surface area contributed by atoms with Crippen molar-refractivity contribution in [3.8, 4) is 28.0 Å². The minimum Gasteiger partial charge on any atom is -0.490 e. The molecule has 0 bridgehead atoms. The lowest BCUT2D eigenvalue weighted by Crippen LogP contribution is -2.05. The Morgan fingerprint density at radius 2 is 1.37 bits per heavy atom. The maximum atomic E-state index is 15.1. The SMILES string of the molecule is C/C=C/C1CC=C(c2ccc(-c3ccc(-c4ccc(OCCC)c(F)c4F)cc3)c(F)c2F)CC1. The van der Waals surface area contributed by atoms with Crippen molar-refractivity contribution < 1.29 is 22.3 Å². The van der Waals surface area contributed by atoms with E-state index in [1.165, 1.54) is 12.1 Å². The van der Waals surface area contributed by atoms with Gasteiger partial charge in [0, 0.05) is 16.7 Å². The molecular formula is C30H28F4O. The molecule has 3 aromatic rings. The standard InChI is InChI=1S/C30H28F4O/c1-3-5-19-6-8-20(9-7-19)23-14-15-24(28(32)27(23)31)21-10-12-22(13-11-21)25-16-17-26(35-18-4-2)30(34)29(25)33/h3,5,8,10-17,19H,4,6-7,9,18H2,1-2H3/b5-3+. The number of rotatable bonds is 7. The summed E-state index contributed by atoms with van der Waals surface area (Å²) in [6.45, 7) is 4.15. The van der Waals surface area contributed by atoms with E-state index in [-0.39, 0.29) is 16.9 Å². The van der Waals surface area contributed by atoms with E-state index >= 15 is 8.78 Å². The summed E-state index contributed by atoms with van der Waals surface area (Å²) >= 11 is 0. The van der Waals surface area contributed by atoms with E-state index in [1.54, 1.807) is 36.4 Å². The molecule has 0 fully saturated rings. The molecule has 4 rings (SSSR count). The van der Waals surface area contributed by atoms with E-state index in [4.69, 9.17) is 4.74 Å². The predicted octanol–water partition coefficient (Wildman–Crippen LogP) is 9.13. The van der Waals surface area contributed by atoms with Gasteiger partial charge < -0.3 is 4.74 Å². The van der Waals surface area contributed by atoms with Gasteiger partial charge in [0.2, 0.25) is 5.82 Å². The van der Waals surface area contributed by atoms with E-state index in [1.807, 2.05) is 26.0 Å². The number of benzene rings is 3. The summed E-state index contributed by atoms with van der Waals surface area (Å²) in [6.07, 6.45) is 9.25. The van der Waals surface area contributed by atoms with E-state index in [0.717, 1.165) is 18.4 Å². The largest absolute Gasteiger partial charge is 0.490 e. The van der Waals surface area contributed by atoms with Crippen LogP contribution in [-0.2, 0) is 0 Å². The quantitative estimate of drug-likeness (QED) is 0.242. The molecule has 0 aromatic heterocycles. The zero-order valence-corrected chi connectivity index (χ0v) is 19.9. The van der Waals surface area contributed by atoms with Crippen LogP contribution in [0.25, 0.3) is 27.8 Å². The number of hydrogen-bond acceptors (Lipinski definition) is 1. The van der Waals surface area contributed by atoms with Crippen molar-refractivity contribution in [1.82, 2.24) is 0 Å². The minimum absolute atomic E-state index is 0.0698. The topological polar surface area (TPSA) is 9.23 Å². The summed E-state index contributed by atoms with van der Waals surface area (Å²) < 4.78 is 64.3. The van der Waals surface area contributed by atoms with E-state index in [2.05, 4.69) is 6.08 Å². The molecule has 0 saturated heterocycles. The first-order chi connectivity index (χ1) is 16.9. The Bertz CT molecular complexity index is 1260. The lowest BCUT2D eigenvalue weighted by molar-refractivity contribution is 0.295. The number of ether oxygens (including phenoxy) is 1. The molecule has 1 nitrogen and oxygen atoms in total. The molecule has 0 amide bonds. The van der Waals surface area contributed by atoms with Gasteiger partial charge in [-0.2, -0.15) is 4.39 Å². The summed E-state index contributed by atoms with van der Waals surface area (Å²) in [6, 6.07) is 12.3. The second-order valence-corrected chi connectivity index (χ2v) is 8.74. The molecule has 1 aliphatic rings. The molecule has 0 spiro atoms. The van der Waals surface area contributed by atoms with Crippen LogP contribution in [-0.4, -0.2) is 6.61 Å². The van der Waals surface area contributed by atoms with Crippen molar-refractivity contribution in [2.75, 3.05) is 6.61 Å². The fourth-order valence-corrected chi connectivity index (χ4v) is 4.47. The first-order valence-corrected chi connectivity index (χ1v) is 12.0. The molecule has 1 atom stereocenters. The van der Waals surface area contributed by atoms with Gasteiger partial charge in [0.1, 0.15) is 0 Å². The number of hydrogen-bond donors (Lipinski definition) is 0. The summed E-state index contributed by atoms with van der Waals surface area (Å²) in [5.74, 6) is -3.52. The zero-order chi connectivity index (χ0) is 24.9. The van der Waals surface area contributed by atoms with Crippen LogP contribution in [0.15, 0.2) is 66.8 Å². The average Bonchev–Trinajstić information content (AvgIpc) is 2.88. The molecule has 0 heterocycles. The lowest BCUT2D eigenvalue weighted by atomic mass is 9.85. The predicted molar refractivity (Wildman–Crippen MR) is 133 cm³/mol. The molecule has 0 radical (unpaired) electrons. The van der Waals surface area contributed by atoms with Gasteiger partial charge >= 0.3 is 0 Å². The minimum atomic E-state index is -1.04. The maximum absolute atomic E-state index is 15.1. The number of halogens is 4. The van der Waals surface area contributed by atoms with Gasteiger partial charge in [-0.15, -0.1) is 0 Å². The summed E-state index contributed by atoms with van der Waals surface area (Å²) in [7, 11) is 0. The Labute approximate surface area is 203 Å². The van der Waals surface area contributed by atoms with Crippen LogP contribution in [0.1, 0.15) is 45.1 Å². The monoisotopic (exact) mass is 480 g/mol. The Morgan fingerprint density at radius 3 is 1.94 bits per heavy atom. The Balaban J connectivity index is 1.58. The molecule has 1 aliphatic carbocycles. The van der Waals surface area contributed by atoms with Crippen molar-refractivity contribution in [2.24, 2.45) is 5.92 Å². The zero-order valence-electron chi connectivity index (χ0n) is 19.9. The molecule has 0 N–H and O–H groups in total. The highest BCUT2D eigenvalue weighted by molar-refractivity contribution is 5.74.